The van der Waals surface area contributed by atoms with Crippen molar-refractivity contribution < 1.29 is 4.79 Å². The van der Waals surface area contributed by atoms with Crippen molar-refractivity contribution in [3.05, 3.63) is 113 Å². The van der Waals surface area contributed by atoms with Crippen LogP contribution >= 0.6 is 0 Å². The summed E-state index contributed by atoms with van der Waals surface area (Å²) >= 11 is 0. The molecule has 3 heteroatoms. The maximum absolute atomic E-state index is 13.2. The van der Waals surface area contributed by atoms with Crippen molar-refractivity contribution >= 4 is 16.8 Å². The fourth-order valence-corrected chi connectivity index (χ4v) is 3.35. The van der Waals surface area contributed by atoms with Crippen molar-refractivity contribution in [2.45, 2.75) is 13.0 Å². The second-order valence-corrected chi connectivity index (χ2v) is 6.56. The van der Waals surface area contributed by atoms with Crippen LogP contribution in [0.1, 0.15) is 33.2 Å². The molecule has 3 aromatic carbocycles. The number of aromatic nitrogens is 1. The number of rotatable bonds is 4. The van der Waals surface area contributed by atoms with Gasteiger partial charge in [-0.15, -0.1) is 0 Å². The first-order chi connectivity index (χ1) is 13.2. The van der Waals surface area contributed by atoms with E-state index in [0.29, 0.717) is 5.56 Å². The molecule has 1 heterocycles. The number of nitrogens with zero attached hydrogens (tertiary/aromatic N) is 1. The van der Waals surface area contributed by atoms with Gasteiger partial charge in [-0.1, -0.05) is 78.9 Å². The zero-order chi connectivity index (χ0) is 18.6. The highest BCUT2D eigenvalue weighted by atomic mass is 16.1. The van der Waals surface area contributed by atoms with E-state index in [2.05, 4.69) is 10.3 Å². The number of benzene rings is 3. The third kappa shape index (κ3) is 3.58. The van der Waals surface area contributed by atoms with Crippen molar-refractivity contribution in [3.8, 4) is 0 Å². The van der Waals surface area contributed by atoms with E-state index in [1.54, 1.807) is 0 Å². The molecular formula is C24H20N2O. The Morgan fingerprint density at radius 3 is 2.00 bits per heavy atom. The quantitative estimate of drug-likeness (QED) is 0.558. The van der Waals surface area contributed by atoms with Gasteiger partial charge in [-0.3, -0.25) is 9.78 Å². The van der Waals surface area contributed by atoms with Crippen molar-refractivity contribution in [1.29, 1.82) is 0 Å². The Bertz CT molecular complexity index is 1040. The van der Waals surface area contributed by atoms with Gasteiger partial charge in [0.1, 0.15) is 0 Å². The summed E-state index contributed by atoms with van der Waals surface area (Å²) in [5.74, 6) is -0.102. The molecule has 4 rings (SSSR count). The van der Waals surface area contributed by atoms with Crippen LogP contribution in [0.5, 0.6) is 0 Å². The standard InChI is InChI=1S/C24H20N2O/c1-17-16-21(20-14-8-9-15-22(20)25-17)24(27)26-23(18-10-4-2-5-11-18)19-12-6-3-7-13-19/h2-16,23H,1H3,(H,26,27). The van der Waals surface area contributed by atoms with Gasteiger partial charge in [0.2, 0.25) is 0 Å². The molecule has 4 aromatic rings. The summed E-state index contributed by atoms with van der Waals surface area (Å²) in [6.07, 6.45) is 0. The second-order valence-electron chi connectivity index (χ2n) is 6.56. The molecule has 1 aromatic heterocycles. The molecule has 0 fully saturated rings. The summed E-state index contributed by atoms with van der Waals surface area (Å²) < 4.78 is 0. The van der Waals surface area contributed by atoms with Crippen molar-refractivity contribution in [3.63, 3.8) is 0 Å². The van der Waals surface area contributed by atoms with E-state index in [4.69, 9.17) is 0 Å². The molecule has 0 aliphatic heterocycles. The van der Waals surface area contributed by atoms with Crippen molar-refractivity contribution in [2.24, 2.45) is 0 Å². The minimum atomic E-state index is -0.216. The molecule has 1 N–H and O–H groups in total. The molecule has 0 unspecified atom stereocenters. The number of nitrogens with one attached hydrogen (secondary N) is 1. The van der Waals surface area contributed by atoms with E-state index in [1.807, 2.05) is 97.9 Å². The summed E-state index contributed by atoms with van der Waals surface area (Å²) in [6, 6.07) is 29.4. The summed E-state index contributed by atoms with van der Waals surface area (Å²) in [6.45, 7) is 1.91. The number of hydrogen-bond acceptors (Lipinski definition) is 2. The molecule has 0 saturated heterocycles. The first-order valence-electron chi connectivity index (χ1n) is 8.99. The first kappa shape index (κ1) is 17.0. The van der Waals surface area contributed by atoms with Gasteiger partial charge in [0.15, 0.2) is 0 Å². The van der Waals surface area contributed by atoms with Crippen LogP contribution in [0.4, 0.5) is 0 Å². The predicted octanol–water partition coefficient (Wildman–Crippen LogP) is 5.06. The highest BCUT2D eigenvalue weighted by Crippen LogP contribution is 2.24. The number of carbonyl (C=O) groups is 1. The Morgan fingerprint density at radius 2 is 1.37 bits per heavy atom. The Morgan fingerprint density at radius 1 is 0.815 bits per heavy atom. The minimum absolute atomic E-state index is 0.102. The number of aryl methyl sites for hydroxylation is 1. The van der Waals surface area contributed by atoms with Gasteiger partial charge in [-0.2, -0.15) is 0 Å². The number of hydrogen-bond donors (Lipinski definition) is 1. The van der Waals surface area contributed by atoms with Crippen LogP contribution in [0.25, 0.3) is 10.9 Å². The molecule has 0 aliphatic rings. The molecule has 0 spiro atoms. The topological polar surface area (TPSA) is 42.0 Å². The highest BCUT2D eigenvalue weighted by Gasteiger charge is 2.19. The lowest BCUT2D eigenvalue weighted by Crippen LogP contribution is -2.29. The van der Waals surface area contributed by atoms with Gasteiger partial charge < -0.3 is 5.32 Å². The lowest BCUT2D eigenvalue weighted by atomic mass is 9.98. The molecule has 0 atom stereocenters. The lowest BCUT2D eigenvalue weighted by molar-refractivity contribution is 0.0944. The molecular weight excluding hydrogens is 332 g/mol. The van der Waals surface area contributed by atoms with E-state index in [0.717, 1.165) is 27.7 Å². The number of para-hydroxylation sites is 1. The fraction of sp³-hybridized carbons (Fsp3) is 0.0833. The van der Waals surface area contributed by atoms with E-state index < -0.39 is 0 Å². The third-order valence-corrected chi connectivity index (χ3v) is 4.63. The lowest BCUT2D eigenvalue weighted by Gasteiger charge is -2.20. The van der Waals surface area contributed by atoms with Crippen molar-refractivity contribution in [1.82, 2.24) is 10.3 Å². The molecule has 0 saturated carbocycles. The van der Waals surface area contributed by atoms with E-state index in [-0.39, 0.29) is 11.9 Å². The van der Waals surface area contributed by atoms with Crippen LogP contribution in [0.3, 0.4) is 0 Å². The zero-order valence-electron chi connectivity index (χ0n) is 15.1. The summed E-state index contributed by atoms with van der Waals surface area (Å²) in [5.41, 5.74) is 4.41. The first-order valence-corrected chi connectivity index (χ1v) is 8.99. The normalized spacial score (nSPS) is 10.9. The third-order valence-electron chi connectivity index (χ3n) is 4.63. The molecule has 1 amide bonds. The van der Waals surface area contributed by atoms with Gasteiger partial charge in [0.05, 0.1) is 17.1 Å². The van der Waals surface area contributed by atoms with Crippen LogP contribution < -0.4 is 5.32 Å². The monoisotopic (exact) mass is 352 g/mol. The number of fused-ring (bicyclic) bond motifs is 1. The maximum Gasteiger partial charge on any atom is 0.252 e. The highest BCUT2D eigenvalue weighted by molar-refractivity contribution is 6.06. The van der Waals surface area contributed by atoms with Gasteiger partial charge in [0, 0.05) is 11.1 Å². The number of amides is 1. The van der Waals surface area contributed by atoms with E-state index in [1.165, 1.54) is 0 Å². The summed E-state index contributed by atoms with van der Waals surface area (Å²) in [5, 5.41) is 4.08. The molecule has 0 bridgehead atoms. The summed E-state index contributed by atoms with van der Waals surface area (Å²) in [7, 11) is 0. The van der Waals surface area contributed by atoms with E-state index in [9.17, 15) is 4.79 Å². The van der Waals surface area contributed by atoms with Crippen LogP contribution in [0.2, 0.25) is 0 Å². The number of pyridine rings is 1. The second kappa shape index (κ2) is 7.42. The Balaban J connectivity index is 1.75. The van der Waals surface area contributed by atoms with Crippen molar-refractivity contribution in [2.75, 3.05) is 0 Å². The Hall–Kier alpha value is -3.46. The van der Waals surface area contributed by atoms with Crippen LogP contribution in [0.15, 0.2) is 91.0 Å². The molecule has 132 valence electrons. The van der Waals surface area contributed by atoms with Crippen LogP contribution in [-0.4, -0.2) is 10.9 Å². The minimum Gasteiger partial charge on any atom is -0.341 e. The molecule has 3 nitrogen and oxygen atoms in total. The van der Waals surface area contributed by atoms with Crippen LogP contribution in [0, 0.1) is 6.92 Å². The van der Waals surface area contributed by atoms with Crippen LogP contribution in [-0.2, 0) is 0 Å². The SMILES string of the molecule is Cc1cc(C(=O)NC(c2ccccc2)c2ccccc2)c2ccccc2n1. The smallest absolute Gasteiger partial charge is 0.252 e. The maximum atomic E-state index is 13.2. The largest absolute Gasteiger partial charge is 0.341 e. The Kier molecular flexibility index (Phi) is 4.67. The van der Waals surface area contributed by atoms with Gasteiger partial charge >= 0.3 is 0 Å². The fourth-order valence-electron chi connectivity index (χ4n) is 3.35. The average molecular weight is 352 g/mol. The van der Waals surface area contributed by atoms with E-state index >= 15 is 0 Å². The molecule has 27 heavy (non-hydrogen) atoms. The predicted molar refractivity (Wildman–Crippen MR) is 109 cm³/mol. The van der Waals surface area contributed by atoms with Gasteiger partial charge in [0.25, 0.3) is 5.91 Å². The Labute approximate surface area is 158 Å². The molecule has 0 radical (unpaired) electrons. The van der Waals surface area contributed by atoms with Gasteiger partial charge in [-0.25, -0.2) is 0 Å². The average Bonchev–Trinajstić information content (AvgIpc) is 2.72. The van der Waals surface area contributed by atoms with Gasteiger partial charge in [-0.05, 0) is 30.2 Å². The molecule has 0 aliphatic carbocycles. The summed E-state index contributed by atoms with van der Waals surface area (Å²) in [4.78, 5) is 17.8. The zero-order valence-corrected chi connectivity index (χ0v) is 15.1. The number of carbonyl (C=O) groups excluding carboxylic acids is 1.